The summed E-state index contributed by atoms with van der Waals surface area (Å²) in [6.07, 6.45) is 4.05. The molecule has 2 aromatic carbocycles. The maximum atomic E-state index is 12.7. The quantitative estimate of drug-likeness (QED) is 0.734. The zero-order chi connectivity index (χ0) is 19.3. The van der Waals surface area contributed by atoms with Crippen LogP contribution < -0.4 is 5.32 Å². The molecule has 1 aliphatic heterocycles. The van der Waals surface area contributed by atoms with Crippen LogP contribution in [-0.2, 0) is 6.54 Å². The van der Waals surface area contributed by atoms with Crippen molar-refractivity contribution >= 4 is 17.5 Å². The van der Waals surface area contributed by atoms with Crippen molar-refractivity contribution in [2.45, 2.75) is 19.4 Å². The molecule has 0 aliphatic carbocycles. The van der Waals surface area contributed by atoms with Gasteiger partial charge in [-0.15, -0.1) is 0 Å². The predicted molar refractivity (Wildman–Crippen MR) is 110 cm³/mol. The summed E-state index contributed by atoms with van der Waals surface area (Å²) in [5, 5.41) is 2.92. The maximum absolute atomic E-state index is 12.7. The van der Waals surface area contributed by atoms with Gasteiger partial charge in [0.25, 0.3) is 11.8 Å². The van der Waals surface area contributed by atoms with Crippen LogP contribution in [-0.4, -0.2) is 34.4 Å². The molecule has 0 atom stereocenters. The number of rotatable bonds is 5. The van der Waals surface area contributed by atoms with Crippen LogP contribution in [0.5, 0.6) is 0 Å². The first-order valence-electron chi connectivity index (χ1n) is 9.60. The molecule has 28 heavy (non-hydrogen) atoms. The summed E-state index contributed by atoms with van der Waals surface area (Å²) >= 11 is 0. The summed E-state index contributed by atoms with van der Waals surface area (Å²) in [7, 11) is 0. The van der Waals surface area contributed by atoms with Gasteiger partial charge in [-0.1, -0.05) is 30.3 Å². The van der Waals surface area contributed by atoms with Crippen molar-refractivity contribution in [2.24, 2.45) is 0 Å². The van der Waals surface area contributed by atoms with Gasteiger partial charge >= 0.3 is 0 Å². The van der Waals surface area contributed by atoms with Gasteiger partial charge in [-0.05, 0) is 54.8 Å². The predicted octanol–water partition coefficient (Wildman–Crippen LogP) is 4.02. The van der Waals surface area contributed by atoms with Gasteiger partial charge in [-0.25, -0.2) is 0 Å². The largest absolute Gasteiger partial charge is 0.339 e. The fourth-order valence-electron chi connectivity index (χ4n) is 3.53. The standard InChI is InChI=1S/C23H23N3O2/c27-22(21-9-6-16-26(21)17-18-7-2-1-3-8-18)24-20-12-10-19(11-13-20)23(28)25-14-4-5-15-25/h1-3,6-13,16H,4-5,14-15,17H2,(H,24,27). The smallest absolute Gasteiger partial charge is 0.272 e. The Morgan fingerprint density at radius 1 is 0.857 bits per heavy atom. The number of amides is 2. The van der Waals surface area contributed by atoms with E-state index in [-0.39, 0.29) is 11.8 Å². The minimum atomic E-state index is -0.167. The lowest BCUT2D eigenvalue weighted by Gasteiger charge is -2.15. The van der Waals surface area contributed by atoms with Gasteiger partial charge in [-0.2, -0.15) is 0 Å². The normalized spacial score (nSPS) is 13.5. The lowest BCUT2D eigenvalue weighted by Crippen LogP contribution is -2.27. The fourth-order valence-corrected chi connectivity index (χ4v) is 3.53. The molecule has 0 bridgehead atoms. The van der Waals surface area contributed by atoms with Crippen molar-refractivity contribution < 1.29 is 9.59 Å². The molecule has 0 radical (unpaired) electrons. The summed E-state index contributed by atoms with van der Waals surface area (Å²) in [6, 6.07) is 20.8. The number of hydrogen-bond donors (Lipinski definition) is 1. The average Bonchev–Trinajstić information content (AvgIpc) is 3.41. The number of benzene rings is 2. The minimum Gasteiger partial charge on any atom is -0.339 e. The fraction of sp³-hybridized carbons (Fsp3) is 0.217. The zero-order valence-corrected chi connectivity index (χ0v) is 15.7. The van der Waals surface area contributed by atoms with E-state index >= 15 is 0 Å². The van der Waals surface area contributed by atoms with Gasteiger partial charge in [-0.3, -0.25) is 9.59 Å². The van der Waals surface area contributed by atoms with Gasteiger partial charge in [0.15, 0.2) is 0 Å². The van der Waals surface area contributed by atoms with Crippen molar-refractivity contribution in [1.29, 1.82) is 0 Å². The number of carbonyl (C=O) groups excluding carboxylic acids is 2. The number of aromatic nitrogens is 1. The number of carbonyl (C=O) groups is 2. The molecule has 1 saturated heterocycles. The highest BCUT2D eigenvalue weighted by molar-refractivity contribution is 6.03. The number of likely N-dealkylation sites (tertiary alicyclic amines) is 1. The van der Waals surface area contributed by atoms with E-state index in [2.05, 4.69) is 5.32 Å². The third-order valence-corrected chi connectivity index (χ3v) is 5.04. The highest BCUT2D eigenvalue weighted by atomic mass is 16.2. The van der Waals surface area contributed by atoms with Gasteiger partial charge in [0.2, 0.25) is 0 Å². The van der Waals surface area contributed by atoms with Crippen LogP contribution in [0.15, 0.2) is 72.9 Å². The molecule has 0 spiro atoms. The highest BCUT2D eigenvalue weighted by Gasteiger charge is 2.19. The highest BCUT2D eigenvalue weighted by Crippen LogP contribution is 2.17. The first kappa shape index (κ1) is 18.0. The molecule has 4 rings (SSSR count). The van der Waals surface area contributed by atoms with Crippen LogP contribution in [0.2, 0.25) is 0 Å². The van der Waals surface area contributed by atoms with E-state index in [0.29, 0.717) is 23.5 Å². The lowest BCUT2D eigenvalue weighted by atomic mass is 10.2. The molecule has 2 heterocycles. The Kier molecular flexibility index (Phi) is 5.24. The molecule has 142 valence electrons. The molecular formula is C23H23N3O2. The van der Waals surface area contributed by atoms with Gasteiger partial charge in [0, 0.05) is 37.1 Å². The van der Waals surface area contributed by atoms with Crippen molar-refractivity contribution in [3.8, 4) is 0 Å². The summed E-state index contributed by atoms with van der Waals surface area (Å²) in [6.45, 7) is 2.30. The molecule has 5 nitrogen and oxygen atoms in total. The van der Waals surface area contributed by atoms with E-state index in [1.165, 1.54) is 0 Å². The van der Waals surface area contributed by atoms with E-state index in [9.17, 15) is 9.59 Å². The Hall–Kier alpha value is -3.34. The maximum Gasteiger partial charge on any atom is 0.272 e. The number of nitrogens with one attached hydrogen (secondary N) is 1. The van der Waals surface area contributed by atoms with Crippen LogP contribution in [0.3, 0.4) is 0 Å². The first-order valence-corrected chi connectivity index (χ1v) is 9.60. The van der Waals surface area contributed by atoms with Crippen LogP contribution >= 0.6 is 0 Å². The van der Waals surface area contributed by atoms with E-state index < -0.39 is 0 Å². The second kappa shape index (κ2) is 8.13. The third-order valence-electron chi connectivity index (χ3n) is 5.04. The molecule has 1 aromatic heterocycles. The van der Waals surface area contributed by atoms with Crippen molar-refractivity contribution in [2.75, 3.05) is 18.4 Å². The van der Waals surface area contributed by atoms with Gasteiger partial charge in [0.05, 0.1) is 0 Å². The van der Waals surface area contributed by atoms with E-state index in [1.54, 1.807) is 24.3 Å². The topological polar surface area (TPSA) is 54.3 Å². The molecule has 5 heteroatoms. The Morgan fingerprint density at radius 2 is 1.57 bits per heavy atom. The Labute approximate surface area is 164 Å². The molecule has 1 fully saturated rings. The van der Waals surface area contributed by atoms with Crippen molar-refractivity contribution in [3.05, 3.63) is 89.7 Å². The van der Waals surface area contributed by atoms with Gasteiger partial charge in [0.1, 0.15) is 5.69 Å². The number of nitrogens with zero attached hydrogens (tertiary/aromatic N) is 2. The molecule has 1 N–H and O–H groups in total. The SMILES string of the molecule is O=C(Nc1ccc(C(=O)N2CCCC2)cc1)c1cccn1Cc1ccccc1. The monoisotopic (exact) mass is 373 g/mol. The summed E-state index contributed by atoms with van der Waals surface area (Å²) in [5.41, 5.74) is 3.07. The molecule has 3 aromatic rings. The average molecular weight is 373 g/mol. The van der Waals surface area contributed by atoms with Crippen molar-refractivity contribution in [3.63, 3.8) is 0 Å². The number of anilines is 1. The molecule has 0 unspecified atom stereocenters. The molecular weight excluding hydrogens is 350 g/mol. The molecule has 1 aliphatic rings. The molecule has 2 amide bonds. The molecule has 0 saturated carbocycles. The van der Waals surface area contributed by atoms with Crippen molar-refractivity contribution in [1.82, 2.24) is 9.47 Å². The second-order valence-electron chi connectivity index (χ2n) is 7.04. The minimum absolute atomic E-state index is 0.0621. The van der Waals surface area contributed by atoms with Crippen LogP contribution in [0.4, 0.5) is 5.69 Å². The summed E-state index contributed by atoms with van der Waals surface area (Å²) in [4.78, 5) is 27.0. The second-order valence-corrected chi connectivity index (χ2v) is 7.04. The Morgan fingerprint density at radius 3 is 2.29 bits per heavy atom. The van der Waals surface area contributed by atoms with Crippen LogP contribution in [0.25, 0.3) is 0 Å². The first-order chi connectivity index (χ1) is 13.7. The Bertz CT molecular complexity index is 955. The van der Waals surface area contributed by atoms with E-state index in [0.717, 1.165) is 31.5 Å². The summed E-state index contributed by atoms with van der Waals surface area (Å²) < 4.78 is 1.93. The Balaban J connectivity index is 1.43. The zero-order valence-electron chi connectivity index (χ0n) is 15.7. The van der Waals surface area contributed by atoms with Gasteiger partial charge < -0.3 is 14.8 Å². The van der Waals surface area contributed by atoms with Crippen LogP contribution in [0, 0.1) is 0 Å². The number of hydrogen-bond acceptors (Lipinski definition) is 2. The van der Waals surface area contributed by atoms with E-state index in [1.807, 2.05) is 58.1 Å². The third kappa shape index (κ3) is 3.98. The lowest BCUT2D eigenvalue weighted by molar-refractivity contribution is 0.0792. The van der Waals surface area contributed by atoms with Crippen LogP contribution in [0.1, 0.15) is 39.3 Å². The summed E-state index contributed by atoms with van der Waals surface area (Å²) in [5.74, 6) is -0.105. The van der Waals surface area contributed by atoms with E-state index in [4.69, 9.17) is 0 Å².